The lowest BCUT2D eigenvalue weighted by atomic mass is 10.1. The van der Waals surface area contributed by atoms with Crippen LogP contribution in [-0.2, 0) is 6.61 Å². The van der Waals surface area contributed by atoms with Crippen LogP contribution in [0.2, 0.25) is 0 Å². The summed E-state index contributed by atoms with van der Waals surface area (Å²) in [5, 5.41) is 0. The summed E-state index contributed by atoms with van der Waals surface area (Å²) in [6.07, 6.45) is 7.65. The molecule has 124 valence electrons. The number of hydrogen-bond acceptors (Lipinski definition) is 3. The van der Waals surface area contributed by atoms with Crippen LogP contribution in [0, 0.1) is 0 Å². The number of ether oxygens (including phenoxy) is 1. The van der Waals surface area contributed by atoms with Crippen molar-refractivity contribution in [3.05, 3.63) is 95.3 Å². The number of benzene rings is 2. The molecule has 4 nitrogen and oxygen atoms in total. The van der Waals surface area contributed by atoms with E-state index < -0.39 is 5.91 Å². The molecule has 1 aromatic heterocycles. The van der Waals surface area contributed by atoms with Crippen LogP contribution in [-0.4, -0.2) is 10.9 Å². The third kappa shape index (κ3) is 4.78. The standard InChI is InChI=1S/C21H18N2O2/c22-21(24)19-7-9-20(10-8-19)25-15-18-5-3-16(4-6-18)1-2-17-11-13-23-14-12-17/h1-14H,15H2,(H2,22,24). The highest BCUT2D eigenvalue weighted by molar-refractivity contribution is 5.92. The molecular weight excluding hydrogens is 312 g/mol. The van der Waals surface area contributed by atoms with E-state index in [0.29, 0.717) is 17.9 Å². The smallest absolute Gasteiger partial charge is 0.248 e. The number of nitrogens with zero attached hydrogens (tertiary/aromatic N) is 1. The predicted molar refractivity (Wildman–Crippen MR) is 98.9 cm³/mol. The van der Waals surface area contributed by atoms with E-state index in [2.05, 4.69) is 11.1 Å². The molecule has 2 N–H and O–H groups in total. The van der Waals surface area contributed by atoms with E-state index in [9.17, 15) is 4.79 Å². The Labute approximate surface area is 146 Å². The van der Waals surface area contributed by atoms with Crippen molar-refractivity contribution in [2.75, 3.05) is 0 Å². The first-order valence-corrected chi connectivity index (χ1v) is 7.90. The Morgan fingerprint density at radius 2 is 1.48 bits per heavy atom. The van der Waals surface area contributed by atoms with Crippen molar-refractivity contribution in [1.82, 2.24) is 4.98 Å². The van der Waals surface area contributed by atoms with Crippen LogP contribution in [0.25, 0.3) is 12.2 Å². The summed E-state index contributed by atoms with van der Waals surface area (Å²) in [5.74, 6) is 0.258. The van der Waals surface area contributed by atoms with Crippen molar-refractivity contribution in [1.29, 1.82) is 0 Å². The summed E-state index contributed by atoms with van der Waals surface area (Å²) in [4.78, 5) is 15.0. The molecule has 3 aromatic rings. The number of nitrogens with two attached hydrogens (primary N) is 1. The van der Waals surface area contributed by atoms with Crippen molar-refractivity contribution < 1.29 is 9.53 Å². The van der Waals surface area contributed by atoms with Gasteiger partial charge in [0, 0.05) is 18.0 Å². The van der Waals surface area contributed by atoms with E-state index >= 15 is 0 Å². The highest BCUT2D eigenvalue weighted by atomic mass is 16.5. The van der Waals surface area contributed by atoms with Gasteiger partial charge in [0.2, 0.25) is 5.91 Å². The molecule has 0 aliphatic rings. The molecule has 0 saturated heterocycles. The van der Waals surface area contributed by atoms with Crippen LogP contribution in [0.4, 0.5) is 0 Å². The van der Waals surface area contributed by atoms with E-state index in [1.165, 1.54) is 0 Å². The second kappa shape index (κ2) is 7.93. The van der Waals surface area contributed by atoms with Crippen LogP contribution in [0.1, 0.15) is 27.0 Å². The fourth-order valence-corrected chi connectivity index (χ4v) is 2.27. The van der Waals surface area contributed by atoms with E-state index in [1.54, 1.807) is 36.7 Å². The maximum Gasteiger partial charge on any atom is 0.248 e. The lowest BCUT2D eigenvalue weighted by Crippen LogP contribution is -2.10. The summed E-state index contributed by atoms with van der Waals surface area (Å²) in [6, 6.07) is 18.9. The van der Waals surface area contributed by atoms with Gasteiger partial charge in [-0.2, -0.15) is 0 Å². The fraction of sp³-hybridized carbons (Fsp3) is 0.0476. The number of rotatable bonds is 6. The van der Waals surface area contributed by atoms with Crippen LogP contribution < -0.4 is 10.5 Å². The zero-order chi connectivity index (χ0) is 17.5. The van der Waals surface area contributed by atoms with Crippen LogP contribution >= 0.6 is 0 Å². The number of hydrogen-bond donors (Lipinski definition) is 1. The number of carbonyl (C=O) groups excluding carboxylic acids is 1. The van der Waals surface area contributed by atoms with Gasteiger partial charge in [0.05, 0.1) is 0 Å². The second-order valence-electron chi connectivity index (χ2n) is 5.53. The van der Waals surface area contributed by atoms with Gasteiger partial charge in [0.1, 0.15) is 12.4 Å². The first-order valence-electron chi connectivity index (χ1n) is 7.90. The topological polar surface area (TPSA) is 65.2 Å². The highest BCUT2D eigenvalue weighted by Crippen LogP contribution is 2.15. The van der Waals surface area contributed by atoms with Crippen molar-refractivity contribution >= 4 is 18.1 Å². The average Bonchev–Trinajstić information content (AvgIpc) is 2.67. The van der Waals surface area contributed by atoms with Gasteiger partial charge in [-0.1, -0.05) is 36.4 Å². The molecular formula is C21H18N2O2. The number of pyridine rings is 1. The Morgan fingerprint density at radius 1 is 0.880 bits per heavy atom. The van der Waals surface area contributed by atoms with Crippen molar-refractivity contribution in [3.8, 4) is 5.75 Å². The molecule has 2 aromatic carbocycles. The number of carbonyl (C=O) groups is 1. The molecule has 25 heavy (non-hydrogen) atoms. The number of amides is 1. The maximum absolute atomic E-state index is 11.0. The third-order valence-electron chi connectivity index (χ3n) is 3.70. The fourth-order valence-electron chi connectivity index (χ4n) is 2.27. The summed E-state index contributed by atoms with van der Waals surface area (Å²) in [7, 11) is 0. The lowest BCUT2D eigenvalue weighted by Gasteiger charge is -2.07. The van der Waals surface area contributed by atoms with Crippen molar-refractivity contribution in [3.63, 3.8) is 0 Å². The third-order valence-corrected chi connectivity index (χ3v) is 3.70. The molecule has 0 aliphatic carbocycles. The minimum absolute atomic E-state index is 0.443. The molecule has 0 bridgehead atoms. The van der Waals surface area contributed by atoms with Crippen LogP contribution in [0.15, 0.2) is 73.1 Å². The first-order chi connectivity index (χ1) is 12.2. The van der Waals surface area contributed by atoms with E-state index in [4.69, 9.17) is 10.5 Å². The summed E-state index contributed by atoms with van der Waals surface area (Å²) in [5.41, 5.74) is 8.99. The van der Waals surface area contributed by atoms with Gasteiger partial charge < -0.3 is 10.5 Å². The van der Waals surface area contributed by atoms with E-state index in [-0.39, 0.29) is 0 Å². The summed E-state index contributed by atoms with van der Waals surface area (Å²) in [6.45, 7) is 0.463. The maximum atomic E-state index is 11.0. The highest BCUT2D eigenvalue weighted by Gasteiger charge is 2.01. The molecule has 1 heterocycles. The SMILES string of the molecule is NC(=O)c1ccc(OCc2ccc(C=Cc3ccncc3)cc2)cc1. The van der Waals surface area contributed by atoms with E-state index in [1.807, 2.05) is 42.5 Å². The Bertz CT molecular complexity index is 855. The minimum atomic E-state index is -0.443. The zero-order valence-electron chi connectivity index (χ0n) is 13.6. The Morgan fingerprint density at radius 3 is 2.08 bits per heavy atom. The minimum Gasteiger partial charge on any atom is -0.489 e. The Hall–Kier alpha value is -3.40. The second-order valence-corrected chi connectivity index (χ2v) is 5.53. The molecule has 0 aliphatic heterocycles. The van der Waals surface area contributed by atoms with E-state index in [0.717, 1.165) is 16.7 Å². The van der Waals surface area contributed by atoms with Gasteiger partial charge in [-0.15, -0.1) is 0 Å². The van der Waals surface area contributed by atoms with Gasteiger partial charge >= 0.3 is 0 Å². The summed E-state index contributed by atoms with van der Waals surface area (Å²) < 4.78 is 5.72. The molecule has 0 unspecified atom stereocenters. The van der Waals surface area contributed by atoms with Crippen LogP contribution in [0.5, 0.6) is 5.75 Å². The largest absolute Gasteiger partial charge is 0.489 e. The molecule has 0 atom stereocenters. The monoisotopic (exact) mass is 330 g/mol. The van der Waals surface area contributed by atoms with Gasteiger partial charge in [0.25, 0.3) is 0 Å². The lowest BCUT2D eigenvalue weighted by molar-refractivity contribution is 0.1000. The number of aromatic nitrogens is 1. The molecule has 1 amide bonds. The van der Waals surface area contributed by atoms with Gasteiger partial charge in [-0.25, -0.2) is 0 Å². The molecule has 0 fully saturated rings. The molecule has 0 spiro atoms. The Kier molecular flexibility index (Phi) is 5.22. The molecule has 0 radical (unpaired) electrons. The Balaban J connectivity index is 1.57. The quantitative estimate of drug-likeness (QED) is 0.745. The first kappa shape index (κ1) is 16.5. The van der Waals surface area contributed by atoms with Gasteiger partial charge in [-0.3, -0.25) is 9.78 Å². The van der Waals surface area contributed by atoms with Crippen LogP contribution in [0.3, 0.4) is 0 Å². The average molecular weight is 330 g/mol. The zero-order valence-corrected chi connectivity index (χ0v) is 13.6. The molecule has 3 rings (SSSR count). The number of primary amides is 1. The van der Waals surface area contributed by atoms with Crippen molar-refractivity contribution in [2.45, 2.75) is 6.61 Å². The van der Waals surface area contributed by atoms with Gasteiger partial charge in [0.15, 0.2) is 0 Å². The predicted octanol–water partition coefficient (Wildman–Crippen LogP) is 3.93. The normalized spacial score (nSPS) is 10.7. The van der Waals surface area contributed by atoms with Gasteiger partial charge in [-0.05, 0) is 53.1 Å². The molecule has 0 saturated carbocycles. The van der Waals surface area contributed by atoms with Crippen molar-refractivity contribution in [2.24, 2.45) is 5.73 Å². The summed E-state index contributed by atoms with van der Waals surface area (Å²) >= 11 is 0. The molecule has 4 heteroatoms.